The summed E-state index contributed by atoms with van der Waals surface area (Å²) >= 11 is 0. The molecule has 1 atom stereocenters. The Bertz CT molecular complexity index is 292. The van der Waals surface area contributed by atoms with Crippen LogP contribution >= 0.6 is 0 Å². The van der Waals surface area contributed by atoms with Crippen molar-refractivity contribution in [2.24, 2.45) is 5.92 Å². The van der Waals surface area contributed by atoms with Crippen molar-refractivity contribution in [2.45, 2.75) is 20.8 Å². The molecule has 0 spiro atoms. The minimum atomic E-state index is 0.672. The number of hydrogen-bond donors (Lipinski definition) is 1. The molecule has 0 heterocycles. The molecular weight excluding hydrogens is 196 g/mol. The van der Waals surface area contributed by atoms with Gasteiger partial charge in [-0.3, -0.25) is 0 Å². The maximum atomic E-state index is 3.23. The van der Waals surface area contributed by atoms with Gasteiger partial charge in [-0.2, -0.15) is 0 Å². The van der Waals surface area contributed by atoms with Gasteiger partial charge in [-0.15, -0.1) is 0 Å². The Kier molecular flexibility index (Phi) is 5.33. The molecule has 2 nitrogen and oxygen atoms in total. The molecule has 0 amide bonds. The van der Waals surface area contributed by atoms with Gasteiger partial charge >= 0.3 is 0 Å². The van der Waals surface area contributed by atoms with Crippen LogP contribution in [0.1, 0.15) is 19.4 Å². The highest BCUT2D eigenvalue weighted by molar-refractivity contribution is 5.47. The Morgan fingerprint density at radius 2 is 1.88 bits per heavy atom. The zero-order chi connectivity index (χ0) is 12.0. The number of nitrogens with zero attached hydrogens (tertiary/aromatic N) is 1. The van der Waals surface area contributed by atoms with Crippen LogP contribution in [0.25, 0.3) is 0 Å². The first kappa shape index (κ1) is 13.0. The van der Waals surface area contributed by atoms with Gasteiger partial charge in [0.1, 0.15) is 0 Å². The monoisotopic (exact) mass is 220 g/mol. The summed E-state index contributed by atoms with van der Waals surface area (Å²) in [5, 5.41) is 3.23. The summed E-state index contributed by atoms with van der Waals surface area (Å²) in [6.45, 7) is 9.88. The van der Waals surface area contributed by atoms with Crippen LogP contribution in [0.15, 0.2) is 24.3 Å². The summed E-state index contributed by atoms with van der Waals surface area (Å²) < 4.78 is 0. The topological polar surface area (TPSA) is 15.3 Å². The lowest BCUT2D eigenvalue weighted by atomic mass is 10.1. The maximum absolute atomic E-state index is 3.23. The zero-order valence-electron chi connectivity index (χ0n) is 11.0. The standard InChI is InChI=1S/C14H24N2/c1-5-16(11-13(3)10-15-4)14-8-6-12(2)7-9-14/h6-9,13,15H,5,10-11H2,1-4H3. The molecule has 1 unspecified atom stereocenters. The summed E-state index contributed by atoms with van der Waals surface area (Å²) in [6.07, 6.45) is 0. The van der Waals surface area contributed by atoms with Crippen molar-refractivity contribution in [2.75, 3.05) is 31.6 Å². The first-order chi connectivity index (χ1) is 7.67. The van der Waals surface area contributed by atoms with E-state index < -0.39 is 0 Å². The Morgan fingerprint density at radius 3 is 2.38 bits per heavy atom. The van der Waals surface area contributed by atoms with Crippen molar-refractivity contribution in [3.05, 3.63) is 29.8 Å². The summed E-state index contributed by atoms with van der Waals surface area (Å²) in [4.78, 5) is 2.43. The maximum Gasteiger partial charge on any atom is 0.0366 e. The minimum Gasteiger partial charge on any atom is -0.371 e. The molecule has 16 heavy (non-hydrogen) atoms. The van der Waals surface area contributed by atoms with E-state index >= 15 is 0 Å². The summed E-state index contributed by atoms with van der Waals surface area (Å²) in [7, 11) is 2.01. The highest BCUT2D eigenvalue weighted by atomic mass is 15.1. The quantitative estimate of drug-likeness (QED) is 0.793. The highest BCUT2D eigenvalue weighted by Gasteiger charge is 2.08. The normalized spacial score (nSPS) is 12.5. The van der Waals surface area contributed by atoms with Crippen molar-refractivity contribution in [1.82, 2.24) is 5.32 Å². The second-order valence-electron chi connectivity index (χ2n) is 4.54. The molecule has 0 aliphatic carbocycles. The van der Waals surface area contributed by atoms with E-state index in [0.717, 1.165) is 19.6 Å². The number of aryl methyl sites for hydroxylation is 1. The molecule has 0 saturated carbocycles. The lowest BCUT2D eigenvalue weighted by Gasteiger charge is -2.26. The zero-order valence-corrected chi connectivity index (χ0v) is 11.0. The fraction of sp³-hybridized carbons (Fsp3) is 0.571. The Labute approximate surface area is 99.7 Å². The molecule has 0 saturated heterocycles. The van der Waals surface area contributed by atoms with Gasteiger partial charge in [0.25, 0.3) is 0 Å². The third kappa shape index (κ3) is 3.86. The van der Waals surface area contributed by atoms with Crippen LogP contribution in [0.4, 0.5) is 5.69 Å². The van der Waals surface area contributed by atoms with E-state index in [1.807, 2.05) is 7.05 Å². The number of rotatable bonds is 6. The van der Waals surface area contributed by atoms with Crippen LogP contribution in [0.3, 0.4) is 0 Å². The summed E-state index contributed by atoms with van der Waals surface area (Å²) in [6, 6.07) is 8.79. The summed E-state index contributed by atoms with van der Waals surface area (Å²) in [5.74, 6) is 0.672. The lowest BCUT2D eigenvalue weighted by molar-refractivity contribution is 0.533. The van der Waals surface area contributed by atoms with Crippen LogP contribution in [0.5, 0.6) is 0 Å². The van der Waals surface area contributed by atoms with Gasteiger partial charge in [0.15, 0.2) is 0 Å². The van der Waals surface area contributed by atoms with Gasteiger partial charge in [0, 0.05) is 18.8 Å². The SMILES string of the molecule is CCN(CC(C)CNC)c1ccc(C)cc1. The second kappa shape index (κ2) is 6.54. The van der Waals surface area contributed by atoms with Crippen LogP contribution in [0.2, 0.25) is 0 Å². The van der Waals surface area contributed by atoms with E-state index in [4.69, 9.17) is 0 Å². The molecule has 0 aliphatic heterocycles. The average molecular weight is 220 g/mol. The molecular formula is C14H24N2. The molecule has 0 aliphatic rings. The Morgan fingerprint density at radius 1 is 1.25 bits per heavy atom. The van der Waals surface area contributed by atoms with Crippen molar-refractivity contribution in [1.29, 1.82) is 0 Å². The lowest BCUT2D eigenvalue weighted by Crippen LogP contribution is -2.32. The number of benzene rings is 1. The van der Waals surface area contributed by atoms with Crippen LogP contribution in [-0.2, 0) is 0 Å². The molecule has 1 rings (SSSR count). The third-order valence-electron chi connectivity index (χ3n) is 2.87. The third-order valence-corrected chi connectivity index (χ3v) is 2.87. The van der Waals surface area contributed by atoms with Crippen LogP contribution in [0, 0.1) is 12.8 Å². The number of nitrogens with one attached hydrogen (secondary N) is 1. The van der Waals surface area contributed by atoms with E-state index in [-0.39, 0.29) is 0 Å². The van der Waals surface area contributed by atoms with Crippen molar-refractivity contribution < 1.29 is 0 Å². The first-order valence-corrected chi connectivity index (χ1v) is 6.13. The fourth-order valence-electron chi connectivity index (χ4n) is 1.96. The van der Waals surface area contributed by atoms with Gasteiger partial charge in [0.2, 0.25) is 0 Å². The van der Waals surface area contributed by atoms with E-state index in [1.54, 1.807) is 0 Å². The fourth-order valence-corrected chi connectivity index (χ4v) is 1.96. The Balaban J connectivity index is 2.63. The van der Waals surface area contributed by atoms with Gasteiger partial charge in [0.05, 0.1) is 0 Å². The van der Waals surface area contributed by atoms with Crippen molar-refractivity contribution >= 4 is 5.69 Å². The molecule has 1 N–H and O–H groups in total. The van der Waals surface area contributed by atoms with Gasteiger partial charge in [-0.1, -0.05) is 24.6 Å². The van der Waals surface area contributed by atoms with Crippen molar-refractivity contribution in [3.63, 3.8) is 0 Å². The van der Waals surface area contributed by atoms with E-state index in [0.29, 0.717) is 5.92 Å². The molecule has 1 aromatic carbocycles. The predicted molar refractivity (Wildman–Crippen MR) is 72.2 cm³/mol. The summed E-state index contributed by atoms with van der Waals surface area (Å²) in [5.41, 5.74) is 2.65. The van der Waals surface area contributed by atoms with Gasteiger partial charge < -0.3 is 10.2 Å². The molecule has 2 heteroatoms. The van der Waals surface area contributed by atoms with Gasteiger partial charge in [-0.25, -0.2) is 0 Å². The molecule has 0 aromatic heterocycles. The average Bonchev–Trinajstić information content (AvgIpc) is 2.27. The smallest absolute Gasteiger partial charge is 0.0366 e. The van der Waals surface area contributed by atoms with E-state index in [1.165, 1.54) is 11.3 Å². The molecule has 0 bridgehead atoms. The molecule has 0 radical (unpaired) electrons. The second-order valence-corrected chi connectivity index (χ2v) is 4.54. The molecule has 1 aromatic rings. The predicted octanol–water partition coefficient (Wildman–Crippen LogP) is 2.68. The van der Waals surface area contributed by atoms with E-state index in [2.05, 4.69) is 55.3 Å². The van der Waals surface area contributed by atoms with E-state index in [9.17, 15) is 0 Å². The molecule has 90 valence electrons. The first-order valence-electron chi connectivity index (χ1n) is 6.13. The molecule has 0 fully saturated rings. The van der Waals surface area contributed by atoms with Crippen molar-refractivity contribution in [3.8, 4) is 0 Å². The van der Waals surface area contributed by atoms with Crippen LogP contribution in [-0.4, -0.2) is 26.7 Å². The highest BCUT2D eigenvalue weighted by Crippen LogP contribution is 2.16. The number of hydrogen-bond acceptors (Lipinski definition) is 2. The Hall–Kier alpha value is -1.02. The van der Waals surface area contributed by atoms with Gasteiger partial charge in [-0.05, 0) is 45.5 Å². The minimum absolute atomic E-state index is 0.672. The van der Waals surface area contributed by atoms with Crippen LogP contribution < -0.4 is 10.2 Å². The largest absolute Gasteiger partial charge is 0.371 e. The number of anilines is 1.